The number of rotatable bonds is 2. The lowest BCUT2D eigenvalue weighted by Crippen LogP contribution is -2.39. The van der Waals surface area contributed by atoms with Crippen molar-refractivity contribution in [1.29, 1.82) is 0 Å². The van der Waals surface area contributed by atoms with E-state index in [1.54, 1.807) is 6.07 Å². The number of halogens is 2. The molecule has 3 rings (SSSR count). The second-order valence-electron chi connectivity index (χ2n) is 5.48. The molecule has 0 bridgehead atoms. The highest BCUT2D eigenvalue weighted by Gasteiger charge is 2.32. The van der Waals surface area contributed by atoms with Crippen molar-refractivity contribution in [2.24, 2.45) is 11.8 Å². The first-order valence-electron chi connectivity index (χ1n) is 6.59. The highest BCUT2D eigenvalue weighted by molar-refractivity contribution is 9.10. The summed E-state index contributed by atoms with van der Waals surface area (Å²) in [7, 11) is 0. The number of fused-ring (bicyclic) bond motifs is 1. The van der Waals surface area contributed by atoms with Crippen LogP contribution in [0.25, 0.3) is 0 Å². The van der Waals surface area contributed by atoms with E-state index in [1.807, 2.05) is 6.07 Å². The van der Waals surface area contributed by atoms with Crippen LogP contribution < -0.4 is 5.32 Å². The first kappa shape index (κ1) is 12.6. The van der Waals surface area contributed by atoms with Gasteiger partial charge in [-0.3, -0.25) is 4.90 Å². The Morgan fingerprint density at radius 3 is 2.94 bits per heavy atom. The monoisotopic (exact) mass is 312 g/mol. The topological polar surface area (TPSA) is 15.3 Å². The summed E-state index contributed by atoms with van der Waals surface area (Å²) >= 11 is 3.35. The van der Waals surface area contributed by atoms with Gasteiger partial charge in [0.2, 0.25) is 0 Å². The van der Waals surface area contributed by atoms with Crippen LogP contribution in [0.3, 0.4) is 0 Å². The van der Waals surface area contributed by atoms with Crippen LogP contribution >= 0.6 is 15.9 Å². The number of hydrogen-bond acceptors (Lipinski definition) is 2. The Hall–Kier alpha value is -0.450. The Balaban J connectivity index is 1.65. The van der Waals surface area contributed by atoms with Gasteiger partial charge in [0.1, 0.15) is 5.82 Å². The van der Waals surface area contributed by atoms with E-state index in [2.05, 4.69) is 26.1 Å². The molecule has 1 aromatic carbocycles. The number of nitrogens with zero attached hydrogens (tertiary/aromatic N) is 1. The Morgan fingerprint density at radius 1 is 1.28 bits per heavy atom. The maximum atomic E-state index is 13.3. The number of nitrogens with one attached hydrogen (secondary N) is 1. The molecule has 1 N–H and O–H groups in total. The maximum absolute atomic E-state index is 13.3. The molecule has 0 aromatic heterocycles. The van der Waals surface area contributed by atoms with Crippen molar-refractivity contribution < 1.29 is 4.39 Å². The van der Waals surface area contributed by atoms with Gasteiger partial charge in [0, 0.05) is 17.6 Å². The molecule has 2 heterocycles. The van der Waals surface area contributed by atoms with Gasteiger partial charge in [0.15, 0.2) is 0 Å². The molecule has 1 aromatic rings. The van der Waals surface area contributed by atoms with E-state index < -0.39 is 0 Å². The molecule has 2 fully saturated rings. The van der Waals surface area contributed by atoms with Gasteiger partial charge in [-0.1, -0.05) is 15.9 Å². The summed E-state index contributed by atoms with van der Waals surface area (Å²) in [4.78, 5) is 2.45. The molecule has 0 spiro atoms. The van der Waals surface area contributed by atoms with Crippen LogP contribution in [0.5, 0.6) is 0 Å². The molecule has 2 nitrogen and oxygen atoms in total. The lowest BCUT2D eigenvalue weighted by atomic mass is 9.88. The number of piperidine rings is 1. The molecule has 4 heteroatoms. The summed E-state index contributed by atoms with van der Waals surface area (Å²) in [6.45, 7) is 5.47. The van der Waals surface area contributed by atoms with Crippen LogP contribution in [0.15, 0.2) is 22.7 Å². The fourth-order valence-electron chi connectivity index (χ4n) is 3.21. The van der Waals surface area contributed by atoms with E-state index >= 15 is 0 Å². The van der Waals surface area contributed by atoms with E-state index in [0.29, 0.717) is 0 Å². The molecule has 98 valence electrons. The van der Waals surface area contributed by atoms with Gasteiger partial charge < -0.3 is 5.32 Å². The van der Waals surface area contributed by atoms with Gasteiger partial charge in [-0.2, -0.15) is 0 Å². The predicted molar refractivity (Wildman–Crippen MR) is 73.8 cm³/mol. The molecule has 0 radical (unpaired) electrons. The molecular formula is C14H18BrFN2. The fourth-order valence-corrected chi connectivity index (χ4v) is 3.73. The second kappa shape index (κ2) is 5.27. The summed E-state index contributed by atoms with van der Waals surface area (Å²) in [5.74, 6) is 1.49. The number of hydrogen-bond donors (Lipinski definition) is 1. The third-order valence-electron chi connectivity index (χ3n) is 4.12. The van der Waals surface area contributed by atoms with E-state index in [1.165, 1.54) is 19.0 Å². The van der Waals surface area contributed by atoms with Gasteiger partial charge in [-0.25, -0.2) is 4.39 Å². The van der Waals surface area contributed by atoms with Crippen LogP contribution in [0, 0.1) is 17.7 Å². The van der Waals surface area contributed by atoms with Gasteiger partial charge in [-0.05, 0) is 61.7 Å². The van der Waals surface area contributed by atoms with Gasteiger partial charge in [-0.15, -0.1) is 0 Å². The van der Waals surface area contributed by atoms with E-state index in [9.17, 15) is 4.39 Å². The Morgan fingerprint density at radius 2 is 2.11 bits per heavy atom. The Labute approximate surface area is 116 Å². The van der Waals surface area contributed by atoms with Crippen molar-refractivity contribution in [2.45, 2.75) is 13.0 Å². The van der Waals surface area contributed by atoms with Crippen molar-refractivity contribution in [3.05, 3.63) is 34.1 Å². The van der Waals surface area contributed by atoms with Crippen LogP contribution in [0.1, 0.15) is 12.0 Å². The molecule has 0 aliphatic carbocycles. The van der Waals surface area contributed by atoms with Crippen LogP contribution in [0.2, 0.25) is 0 Å². The summed E-state index contributed by atoms with van der Waals surface area (Å²) in [5.41, 5.74) is 1.06. The molecule has 2 saturated heterocycles. The van der Waals surface area contributed by atoms with E-state index in [0.717, 1.165) is 48.1 Å². The van der Waals surface area contributed by atoms with Crippen molar-refractivity contribution in [3.8, 4) is 0 Å². The SMILES string of the molecule is Fc1cc(Br)cc(CN2CCC3CNCC3C2)c1. The normalized spacial score (nSPS) is 28.3. The zero-order valence-electron chi connectivity index (χ0n) is 10.3. The van der Waals surface area contributed by atoms with Gasteiger partial charge in [0.25, 0.3) is 0 Å². The highest BCUT2D eigenvalue weighted by atomic mass is 79.9. The predicted octanol–water partition coefficient (Wildman–Crippen LogP) is 2.63. The molecular weight excluding hydrogens is 295 g/mol. The first-order chi connectivity index (χ1) is 8.70. The Bertz CT molecular complexity index is 418. The van der Waals surface area contributed by atoms with Crippen molar-refractivity contribution in [2.75, 3.05) is 26.2 Å². The minimum absolute atomic E-state index is 0.156. The zero-order chi connectivity index (χ0) is 12.5. The molecule has 0 saturated carbocycles. The molecule has 2 atom stereocenters. The van der Waals surface area contributed by atoms with Crippen molar-refractivity contribution >= 4 is 15.9 Å². The van der Waals surface area contributed by atoms with Gasteiger partial charge >= 0.3 is 0 Å². The summed E-state index contributed by atoms with van der Waals surface area (Å²) < 4.78 is 14.2. The van der Waals surface area contributed by atoms with Crippen molar-refractivity contribution in [3.63, 3.8) is 0 Å². The fraction of sp³-hybridized carbons (Fsp3) is 0.571. The smallest absolute Gasteiger partial charge is 0.124 e. The number of benzene rings is 1. The van der Waals surface area contributed by atoms with E-state index in [4.69, 9.17) is 0 Å². The molecule has 2 unspecified atom stereocenters. The van der Waals surface area contributed by atoms with Crippen LogP contribution in [-0.4, -0.2) is 31.1 Å². The average Bonchev–Trinajstić information content (AvgIpc) is 2.74. The maximum Gasteiger partial charge on any atom is 0.124 e. The Kier molecular flexibility index (Phi) is 3.68. The highest BCUT2D eigenvalue weighted by Crippen LogP contribution is 2.27. The standard InChI is InChI=1S/C14H18BrFN2/c15-13-3-10(4-14(16)5-13)8-18-2-1-11-6-17-7-12(11)9-18/h3-5,11-12,17H,1-2,6-9H2. The summed E-state index contributed by atoms with van der Waals surface area (Å²) in [6.07, 6.45) is 1.27. The third kappa shape index (κ3) is 2.76. The summed E-state index contributed by atoms with van der Waals surface area (Å²) in [6, 6.07) is 5.17. The van der Waals surface area contributed by atoms with E-state index in [-0.39, 0.29) is 5.82 Å². The van der Waals surface area contributed by atoms with Crippen molar-refractivity contribution in [1.82, 2.24) is 10.2 Å². The quantitative estimate of drug-likeness (QED) is 0.903. The first-order valence-corrected chi connectivity index (χ1v) is 7.38. The minimum Gasteiger partial charge on any atom is -0.316 e. The molecule has 0 amide bonds. The second-order valence-corrected chi connectivity index (χ2v) is 6.40. The lowest BCUT2D eigenvalue weighted by molar-refractivity contribution is 0.142. The average molecular weight is 313 g/mol. The third-order valence-corrected chi connectivity index (χ3v) is 4.57. The van der Waals surface area contributed by atoms with Crippen LogP contribution in [0.4, 0.5) is 4.39 Å². The molecule has 2 aliphatic heterocycles. The summed E-state index contributed by atoms with van der Waals surface area (Å²) in [5, 5.41) is 3.47. The zero-order valence-corrected chi connectivity index (χ0v) is 11.9. The lowest BCUT2D eigenvalue weighted by Gasteiger charge is -2.34. The number of likely N-dealkylation sites (tertiary alicyclic amines) is 1. The van der Waals surface area contributed by atoms with Gasteiger partial charge in [0.05, 0.1) is 0 Å². The largest absolute Gasteiger partial charge is 0.316 e. The van der Waals surface area contributed by atoms with Crippen LogP contribution in [-0.2, 0) is 6.54 Å². The minimum atomic E-state index is -0.156. The molecule has 18 heavy (non-hydrogen) atoms. The molecule has 2 aliphatic rings.